The van der Waals surface area contributed by atoms with Crippen molar-refractivity contribution in [3.05, 3.63) is 28.2 Å². The minimum absolute atomic E-state index is 0.0704. The van der Waals surface area contributed by atoms with Crippen molar-refractivity contribution in [2.75, 3.05) is 6.61 Å². The van der Waals surface area contributed by atoms with Crippen LogP contribution in [-0.2, 0) is 0 Å². The molecule has 0 aliphatic heterocycles. The van der Waals surface area contributed by atoms with Crippen LogP contribution in [0.1, 0.15) is 0 Å². The lowest BCUT2D eigenvalue weighted by molar-refractivity contribution is 0.326. The molecular formula is C8H5Cl5O. The summed E-state index contributed by atoms with van der Waals surface area (Å²) in [6.07, 6.45) is 0. The van der Waals surface area contributed by atoms with Crippen molar-refractivity contribution in [3.63, 3.8) is 0 Å². The van der Waals surface area contributed by atoms with Gasteiger partial charge in [-0.2, -0.15) is 0 Å². The van der Waals surface area contributed by atoms with Crippen molar-refractivity contribution in [1.29, 1.82) is 0 Å². The topological polar surface area (TPSA) is 9.23 Å². The zero-order valence-corrected chi connectivity index (χ0v) is 10.5. The maximum absolute atomic E-state index is 5.82. The van der Waals surface area contributed by atoms with Gasteiger partial charge in [0, 0.05) is 5.02 Å². The van der Waals surface area contributed by atoms with Crippen molar-refractivity contribution in [2.24, 2.45) is 0 Å². The second kappa shape index (κ2) is 5.00. The molecule has 0 saturated heterocycles. The van der Waals surface area contributed by atoms with Crippen LogP contribution in [0.25, 0.3) is 0 Å². The molecule has 78 valence electrons. The highest BCUT2D eigenvalue weighted by atomic mass is 35.6. The van der Waals surface area contributed by atoms with E-state index >= 15 is 0 Å². The summed E-state index contributed by atoms with van der Waals surface area (Å²) in [6.45, 7) is -0.0704. The van der Waals surface area contributed by atoms with Gasteiger partial charge in [-0.15, -0.1) is 0 Å². The summed E-state index contributed by atoms with van der Waals surface area (Å²) in [5.74, 6) is 0.433. The Hall–Kier alpha value is 0.470. The Morgan fingerprint density at radius 2 is 1.79 bits per heavy atom. The average Bonchev–Trinajstić information content (AvgIpc) is 2.00. The van der Waals surface area contributed by atoms with E-state index in [2.05, 4.69) is 0 Å². The van der Waals surface area contributed by atoms with Crippen molar-refractivity contribution in [1.82, 2.24) is 0 Å². The molecule has 0 amide bonds. The van der Waals surface area contributed by atoms with E-state index in [0.717, 1.165) is 0 Å². The van der Waals surface area contributed by atoms with Crippen LogP contribution in [0.3, 0.4) is 0 Å². The zero-order valence-electron chi connectivity index (χ0n) is 6.74. The van der Waals surface area contributed by atoms with Gasteiger partial charge in [-0.05, 0) is 18.2 Å². The highest BCUT2D eigenvalue weighted by Crippen LogP contribution is 2.31. The van der Waals surface area contributed by atoms with Crippen LogP contribution >= 0.6 is 58.0 Å². The molecule has 0 spiro atoms. The van der Waals surface area contributed by atoms with Gasteiger partial charge in [0.15, 0.2) is 0 Å². The molecule has 0 heterocycles. The van der Waals surface area contributed by atoms with Crippen molar-refractivity contribution in [2.45, 2.75) is 3.79 Å². The van der Waals surface area contributed by atoms with E-state index in [0.29, 0.717) is 15.8 Å². The summed E-state index contributed by atoms with van der Waals surface area (Å²) in [4.78, 5) is 0. The van der Waals surface area contributed by atoms with Gasteiger partial charge in [0.2, 0.25) is 3.79 Å². The Morgan fingerprint density at radius 1 is 1.14 bits per heavy atom. The molecule has 0 bridgehead atoms. The van der Waals surface area contributed by atoms with Gasteiger partial charge in [0.25, 0.3) is 0 Å². The van der Waals surface area contributed by atoms with E-state index in [9.17, 15) is 0 Å². The molecule has 0 fully saturated rings. The first kappa shape index (κ1) is 12.5. The first-order chi connectivity index (χ1) is 6.38. The largest absolute Gasteiger partial charge is 0.488 e. The number of halogens is 5. The first-order valence-electron chi connectivity index (χ1n) is 3.53. The van der Waals surface area contributed by atoms with E-state index in [1.807, 2.05) is 0 Å². The molecule has 0 unspecified atom stereocenters. The lowest BCUT2D eigenvalue weighted by Crippen LogP contribution is -2.15. The molecule has 1 aromatic rings. The second-order valence-corrected chi connectivity index (χ2v) is 5.84. The quantitative estimate of drug-likeness (QED) is 0.716. The second-order valence-electron chi connectivity index (χ2n) is 2.48. The lowest BCUT2D eigenvalue weighted by atomic mass is 10.3. The molecular weight excluding hydrogens is 289 g/mol. The van der Waals surface area contributed by atoms with Crippen LogP contribution < -0.4 is 4.74 Å². The molecule has 0 radical (unpaired) electrons. The van der Waals surface area contributed by atoms with Crippen molar-refractivity contribution in [3.8, 4) is 5.75 Å². The smallest absolute Gasteiger partial charge is 0.223 e. The number of rotatable bonds is 2. The maximum Gasteiger partial charge on any atom is 0.223 e. The van der Waals surface area contributed by atoms with Crippen LogP contribution in [0.5, 0.6) is 5.75 Å². The normalized spacial score (nSPS) is 11.5. The Bertz CT molecular complexity index is 320. The van der Waals surface area contributed by atoms with E-state index in [4.69, 9.17) is 62.7 Å². The zero-order chi connectivity index (χ0) is 10.8. The van der Waals surface area contributed by atoms with Gasteiger partial charge in [-0.25, -0.2) is 0 Å². The summed E-state index contributed by atoms with van der Waals surface area (Å²) in [5, 5.41) is 0.906. The van der Waals surface area contributed by atoms with E-state index in [1.165, 1.54) is 0 Å². The molecule has 0 atom stereocenters. The van der Waals surface area contributed by atoms with Gasteiger partial charge < -0.3 is 4.74 Å². The highest BCUT2D eigenvalue weighted by Gasteiger charge is 2.21. The number of hydrogen-bond donors (Lipinski definition) is 0. The number of benzene rings is 1. The van der Waals surface area contributed by atoms with E-state index < -0.39 is 3.79 Å². The predicted octanol–water partition coefficient (Wildman–Crippen LogP) is 4.74. The van der Waals surface area contributed by atoms with Crippen LogP contribution in [-0.4, -0.2) is 10.4 Å². The molecule has 0 saturated carbocycles. The summed E-state index contributed by atoms with van der Waals surface area (Å²) in [7, 11) is 0. The fourth-order valence-corrected chi connectivity index (χ4v) is 1.38. The third kappa shape index (κ3) is 4.33. The summed E-state index contributed by atoms with van der Waals surface area (Å²) in [6, 6.07) is 4.80. The monoisotopic (exact) mass is 292 g/mol. The Morgan fingerprint density at radius 3 is 2.29 bits per heavy atom. The highest BCUT2D eigenvalue weighted by molar-refractivity contribution is 6.67. The third-order valence-corrected chi connectivity index (χ3v) is 2.14. The van der Waals surface area contributed by atoms with Crippen LogP contribution in [0.2, 0.25) is 10.0 Å². The Labute approximate surface area is 107 Å². The molecule has 0 N–H and O–H groups in total. The predicted molar refractivity (Wildman–Crippen MR) is 62.2 cm³/mol. The molecule has 6 heteroatoms. The number of alkyl halides is 3. The van der Waals surface area contributed by atoms with Gasteiger partial charge in [-0.3, -0.25) is 0 Å². The number of ether oxygens (including phenoxy) is 1. The van der Waals surface area contributed by atoms with E-state index in [1.54, 1.807) is 18.2 Å². The van der Waals surface area contributed by atoms with Gasteiger partial charge in [-0.1, -0.05) is 58.0 Å². The Kier molecular flexibility index (Phi) is 4.48. The van der Waals surface area contributed by atoms with Crippen LogP contribution in [0, 0.1) is 0 Å². The molecule has 0 aromatic heterocycles. The van der Waals surface area contributed by atoms with E-state index in [-0.39, 0.29) is 6.61 Å². The minimum Gasteiger partial charge on any atom is -0.488 e. The fourth-order valence-electron chi connectivity index (χ4n) is 0.752. The standard InChI is InChI=1S/C8H5Cl5O/c9-5-1-2-7(6(10)3-5)14-4-8(11,12)13/h1-3H,4H2. The van der Waals surface area contributed by atoms with Gasteiger partial charge in [0.1, 0.15) is 12.4 Å². The lowest BCUT2D eigenvalue weighted by Gasteiger charge is -2.13. The summed E-state index contributed by atoms with van der Waals surface area (Å²) >= 11 is 28.0. The fraction of sp³-hybridized carbons (Fsp3) is 0.250. The van der Waals surface area contributed by atoms with Gasteiger partial charge in [0.05, 0.1) is 5.02 Å². The average molecular weight is 294 g/mol. The van der Waals surface area contributed by atoms with Crippen molar-refractivity contribution >= 4 is 58.0 Å². The molecule has 1 aromatic carbocycles. The SMILES string of the molecule is Clc1ccc(OCC(Cl)(Cl)Cl)c(Cl)c1. The van der Waals surface area contributed by atoms with Crippen LogP contribution in [0.15, 0.2) is 18.2 Å². The molecule has 1 nitrogen and oxygen atoms in total. The third-order valence-electron chi connectivity index (χ3n) is 1.29. The van der Waals surface area contributed by atoms with Crippen LogP contribution in [0.4, 0.5) is 0 Å². The first-order valence-corrected chi connectivity index (χ1v) is 5.42. The minimum atomic E-state index is -1.46. The Balaban J connectivity index is 2.68. The molecule has 14 heavy (non-hydrogen) atoms. The molecule has 1 rings (SSSR count). The van der Waals surface area contributed by atoms with Crippen molar-refractivity contribution < 1.29 is 4.74 Å². The summed E-state index contributed by atoms with van der Waals surface area (Å²) in [5.41, 5.74) is 0. The number of hydrogen-bond acceptors (Lipinski definition) is 1. The molecule has 0 aliphatic rings. The van der Waals surface area contributed by atoms with Gasteiger partial charge >= 0.3 is 0 Å². The maximum atomic E-state index is 5.82. The summed E-state index contributed by atoms with van der Waals surface area (Å²) < 4.78 is 3.71. The molecule has 0 aliphatic carbocycles.